The van der Waals surface area contributed by atoms with E-state index in [9.17, 15) is 14.4 Å². The van der Waals surface area contributed by atoms with Crippen LogP contribution in [0, 0.1) is 0 Å². The van der Waals surface area contributed by atoms with Crippen molar-refractivity contribution in [2.24, 2.45) is 19.1 Å². The molecule has 1 N–H and O–H groups in total. The van der Waals surface area contributed by atoms with Gasteiger partial charge in [-0.2, -0.15) is 0 Å². The molecule has 2 aromatic rings. The molecule has 1 aliphatic rings. The summed E-state index contributed by atoms with van der Waals surface area (Å²) in [6.45, 7) is 0.301. The topological polar surface area (TPSA) is 103 Å². The van der Waals surface area contributed by atoms with Crippen molar-refractivity contribution in [1.82, 2.24) is 24.0 Å². The van der Waals surface area contributed by atoms with Gasteiger partial charge in [0.2, 0.25) is 5.91 Å². The fraction of sp³-hybridized carbons (Fsp3) is 0.417. The highest BCUT2D eigenvalue weighted by Gasteiger charge is 2.18. The predicted molar refractivity (Wildman–Crippen MR) is 83.1 cm³/mol. The number of carbonyl (C=O) groups excluding carboxylic acids is 1. The number of amides is 1. The molecule has 0 unspecified atom stereocenters. The maximum Gasteiger partial charge on any atom is 0.332 e. The van der Waals surface area contributed by atoms with Crippen LogP contribution in [0.2, 0.25) is 0 Å². The van der Waals surface area contributed by atoms with E-state index < -0.39 is 17.2 Å². The van der Waals surface area contributed by atoms with Crippen molar-refractivity contribution in [2.75, 3.05) is 12.3 Å². The quantitative estimate of drug-likeness (QED) is 0.736. The summed E-state index contributed by atoms with van der Waals surface area (Å²) < 4.78 is 3.69. The summed E-state index contributed by atoms with van der Waals surface area (Å²) >= 11 is 1.43. The van der Waals surface area contributed by atoms with Gasteiger partial charge in [0.15, 0.2) is 16.3 Å². The summed E-state index contributed by atoms with van der Waals surface area (Å²) in [5.74, 6) is 0.368. The van der Waals surface area contributed by atoms with Crippen molar-refractivity contribution in [3.8, 4) is 0 Å². The zero-order valence-electron chi connectivity index (χ0n) is 12.1. The molecule has 0 atom stereocenters. The van der Waals surface area contributed by atoms with Crippen LogP contribution in [0.1, 0.15) is 0 Å². The summed E-state index contributed by atoms with van der Waals surface area (Å²) in [7, 11) is 3.18. The van der Waals surface area contributed by atoms with Gasteiger partial charge in [-0.15, -0.1) is 0 Å². The molecular weight excluding hydrogens is 308 g/mol. The summed E-state index contributed by atoms with van der Waals surface area (Å²) in [5, 5.41) is 3.13. The number of aliphatic imine (C=N–C) groups is 1. The van der Waals surface area contributed by atoms with Crippen molar-refractivity contribution in [3.05, 3.63) is 27.2 Å². The third kappa shape index (κ3) is 2.34. The van der Waals surface area contributed by atoms with Crippen LogP contribution in [0.15, 0.2) is 20.9 Å². The second-order valence-electron chi connectivity index (χ2n) is 4.84. The second kappa shape index (κ2) is 5.44. The van der Waals surface area contributed by atoms with E-state index in [2.05, 4.69) is 15.3 Å². The minimum absolute atomic E-state index is 0.280. The van der Waals surface area contributed by atoms with Crippen LogP contribution in [0.25, 0.3) is 11.2 Å². The van der Waals surface area contributed by atoms with Crippen LogP contribution in [-0.4, -0.2) is 42.1 Å². The Morgan fingerprint density at radius 1 is 1.41 bits per heavy atom. The minimum Gasteiger partial charge on any atom is -0.328 e. The van der Waals surface area contributed by atoms with Gasteiger partial charge in [-0.25, -0.2) is 14.3 Å². The molecule has 0 fully saturated rings. The highest BCUT2D eigenvalue weighted by Crippen LogP contribution is 2.08. The average Bonchev–Trinajstić information content (AvgIpc) is 3.11. The molecule has 1 amide bonds. The lowest BCUT2D eigenvalue weighted by molar-refractivity contribution is -0.120. The van der Waals surface area contributed by atoms with E-state index >= 15 is 0 Å². The number of imidazole rings is 1. The molecule has 10 heteroatoms. The van der Waals surface area contributed by atoms with Crippen LogP contribution in [-0.2, 0) is 25.4 Å². The molecule has 0 radical (unpaired) electrons. The zero-order valence-corrected chi connectivity index (χ0v) is 12.9. The number of hydrogen-bond donors (Lipinski definition) is 1. The number of fused-ring (bicyclic) bond motifs is 1. The molecule has 116 valence electrons. The fourth-order valence-electron chi connectivity index (χ4n) is 2.25. The predicted octanol–water partition coefficient (Wildman–Crippen LogP) is -1.35. The average molecular weight is 322 g/mol. The van der Waals surface area contributed by atoms with Crippen molar-refractivity contribution in [2.45, 2.75) is 6.54 Å². The van der Waals surface area contributed by atoms with E-state index in [-0.39, 0.29) is 12.1 Å². The molecule has 1 aliphatic heterocycles. The van der Waals surface area contributed by atoms with Crippen LogP contribution in [0.5, 0.6) is 0 Å². The highest BCUT2D eigenvalue weighted by molar-refractivity contribution is 8.14. The first-order valence-electron chi connectivity index (χ1n) is 6.57. The second-order valence-corrected chi connectivity index (χ2v) is 5.93. The molecule has 0 bridgehead atoms. The van der Waals surface area contributed by atoms with E-state index in [1.54, 1.807) is 7.05 Å². The summed E-state index contributed by atoms with van der Waals surface area (Å²) in [5.41, 5.74) is -0.533. The number of nitrogens with one attached hydrogen (secondary N) is 1. The maximum atomic E-state index is 12.4. The lowest BCUT2D eigenvalue weighted by atomic mass is 10.4. The number of amidine groups is 1. The number of aryl methyl sites for hydroxylation is 2. The van der Waals surface area contributed by atoms with Gasteiger partial charge in [0.05, 0.1) is 12.9 Å². The van der Waals surface area contributed by atoms with Crippen LogP contribution in [0.3, 0.4) is 0 Å². The number of thioether (sulfide) groups is 1. The SMILES string of the molecule is Cn1cnc2c1c(=O)n(CC(=O)NC1=NCCS1)c(=O)n2C. The Bertz CT molecular complexity index is 906. The van der Waals surface area contributed by atoms with Gasteiger partial charge >= 0.3 is 5.69 Å². The summed E-state index contributed by atoms with van der Waals surface area (Å²) in [6, 6.07) is 0. The molecule has 9 nitrogen and oxygen atoms in total. The first kappa shape index (κ1) is 14.6. The van der Waals surface area contributed by atoms with E-state index in [1.165, 1.54) is 34.3 Å². The number of rotatable bonds is 2. The number of nitrogens with zero attached hydrogens (tertiary/aromatic N) is 5. The largest absolute Gasteiger partial charge is 0.332 e. The molecule has 0 aromatic carbocycles. The van der Waals surface area contributed by atoms with E-state index in [0.29, 0.717) is 17.4 Å². The van der Waals surface area contributed by atoms with Gasteiger partial charge in [-0.1, -0.05) is 11.8 Å². The number of carbonyl (C=O) groups is 1. The van der Waals surface area contributed by atoms with Crippen molar-refractivity contribution < 1.29 is 4.79 Å². The molecular formula is C12H14N6O3S. The summed E-state index contributed by atoms with van der Waals surface area (Å²) in [6.07, 6.45) is 1.46. The van der Waals surface area contributed by atoms with Crippen LogP contribution >= 0.6 is 11.8 Å². The minimum atomic E-state index is -0.577. The Morgan fingerprint density at radius 3 is 2.86 bits per heavy atom. The Hall–Kier alpha value is -2.36. The smallest absolute Gasteiger partial charge is 0.328 e. The molecule has 0 spiro atoms. The molecule has 2 aromatic heterocycles. The van der Waals surface area contributed by atoms with Gasteiger partial charge in [0.25, 0.3) is 5.56 Å². The number of aromatic nitrogens is 4. The zero-order chi connectivity index (χ0) is 15.9. The first-order chi connectivity index (χ1) is 10.5. The molecule has 3 heterocycles. The van der Waals surface area contributed by atoms with E-state index in [0.717, 1.165) is 10.3 Å². The molecule has 0 saturated carbocycles. The Kier molecular flexibility index (Phi) is 3.61. The highest BCUT2D eigenvalue weighted by atomic mass is 32.2. The molecule has 0 saturated heterocycles. The monoisotopic (exact) mass is 322 g/mol. The molecule has 3 rings (SSSR count). The van der Waals surface area contributed by atoms with Crippen LogP contribution in [0.4, 0.5) is 0 Å². The van der Waals surface area contributed by atoms with Gasteiger partial charge < -0.3 is 9.88 Å². The third-order valence-corrected chi connectivity index (χ3v) is 4.23. The standard InChI is InChI=1S/C12H14N6O3S/c1-16-6-14-9-8(16)10(20)18(12(21)17(9)2)5-7(19)15-11-13-3-4-22-11/h6H,3-5H2,1-2H3,(H,13,15,19). The molecule has 22 heavy (non-hydrogen) atoms. The Labute approximate surface area is 128 Å². The van der Waals surface area contributed by atoms with Crippen molar-refractivity contribution in [3.63, 3.8) is 0 Å². The maximum absolute atomic E-state index is 12.4. The van der Waals surface area contributed by atoms with Crippen molar-refractivity contribution >= 4 is 34.0 Å². The van der Waals surface area contributed by atoms with Gasteiger partial charge in [0, 0.05) is 19.8 Å². The van der Waals surface area contributed by atoms with Gasteiger partial charge in [0.1, 0.15) is 6.54 Å². The van der Waals surface area contributed by atoms with E-state index in [1.807, 2.05) is 0 Å². The van der Waals surface area contributed by atoms with Gasteiger partial charge in [-0.05, 0) is 0 Å². The normalized spacial score (nSPS) is 14.4. The number of hydrogen-bond acceptors (Lipinski definition) is 6. The van der Waals surface area contributed by atoms with E-state index in [4.69, 9.17) is 0 Å². The molecule has 0 aliphatic carbocycles. The fourth-order valence-corrected chi connectivity index (χ4v) is 2.99. The lowest BCUT2D eigenvalue weighted by Gasteiger charge is -2.08. The van der Waals surface area contributed by atoms with Gasteiger partial charge in [-0.3, -0.25) is 19.1 Å². The third-order valence-electron chi connectivity index (χ3n) is 3.33. The first-order valence-corrected chi connectivity index (χ1v) is 7.55. The lowest BCUT2D eigenvalue weighted by Crippen LogP contribution is -2.44. The van der Waals surface area contributed by atoms with Crippen LogP contribution < -0.4 is 16.6 Å². The van der Waals surface area contributed by atoms with Crippen molar-refractivity contribution in [1.29, 1.82) is 0 Å². The Morgan fingerprint density at radius 2 is 2.18 bits per heavy atom. The summed E-state index contributed by atoms with van der Waals surface area (Å²) in [4.78, 5) is 44.8. The Balaban J connectivity index is 2.00.